The maximum absolute atomic E-state index is 5.36. The first-order chi connectivity index (χ1) is 7.17. The Kier molecular flexibility index (Phi) is 5.16. The summed E-state index contributed by atoms with van der Waals surface area (Å²) in [6.45, 7) is 4.33. The van der Waals surface area contributed by atoms with Crippen LogP contribution in [0, 0.1) is 6.92 Å². The van der Waals surface area contributed by atoms with E-state index in [4.69, 9.17) is 4.74 Å². The number of alkyl halides is 1. The highest BCUT2D eigenvalue weighted by atomic mass is 79.9. The van der Waals surface area contributed by atoms with Crippen molar-refractivity contribution in [3.63, 3.8) is 0 Å². The van der Waals surface area contributed by atoms with Gasteiger partial charge in [0.15, 0.2) is 0 Å². The topological polar surface area (TPSA) is 9.23 Å². The molecule has 84 valence electrons. The number of hydrogen-bond acceptors (Lipinski definition) is 1. The van der Waals surface area contributed by atoms with Crippen LogP contribution in [-0.2, 0) is 6.42 Å². The number of aryl methyl sites for hydroxylation is 1. The Morgan fingerprint density at radius 3 is 2.73 bits per heavy atom. The zero-order valence-electron chi connectivity index (χ0n) is 9.72. The SMILES string of the molecule is CCCC(Br)Cc1cc(C)ccc1OC. The molecule has 0 aliphatic heterocycles. The summed E-state index contributed by atoms with van der Waals surface area (Å²) in [4.78, 5) is 0.554. The van der Waals surface area contributed by atoms with Crippen LogP contribution in [0.15, 0.2) is 18.2 Å². The molecule has 0 heterocycles. The second-order valence-electron chi connectivity index (χ2n) is 3.91. The maximum Gasteiger partial charge on any atom is 0.122 e. The van der Waals surface area contributed by atoms with Gasteiger partial charge in [0.25, 0.3) is 0 Å². The molecule has 0 N–H and O–H groups in total. The summed E-state index contributed by atoms with van der Waals surface area (Å²) < 4.78 is 5.36. The third kappa shape index (κ3) is 3.86. The van der Waals surface area contributed by atoms with Crippen molar-refractivity contribution >= 4 is 15.9 Å². The molecule has 1 nitrogen and oxygen atoms in total. The lowest BCUT2D eigenvalue weighted by Gasteiger charge is -2.12. The molecule has 0 radical (unpaired) electrons. The zero-order chi connectivity index (χ0) is 11.3. The molecule has 15 heavy (non-hydrogen) atoms. The van der Waals surface area contributed by atoms with Crippen LogP contribution in [0.2, 0.25) is 0 Å². The smallest absolute Gasteiger partial charge is 0.122 e. The first-order valence-corrected chi connectivity index (χ1v) is 6.36. The Morgan fingerprint density at radius 2 is 2.13 bits per heavy atom. The van der Waals surface area contributed by atoms with E-state index in [-0.39, 0.29) is 0 Å². The number of hydrogen-bond donors (Lipinski definition) is 0. The minimum Gasteiger partial charge on any atom is -0.496 e. The number of methoxy groups -OCH3 is 1. The van der Waals surface area contributed by atoms with E-state index < -0.39 is 0 Å². The van der Waals surface area contributed by atoms with E-state index in [9.17, 15) is 0 Å². The van der Waals surface area contributed by atoms with Crippen molar-refractivity contribution in [3.8, 4) is 5.75 Å². The van der Waals surface area contributed by atoms with Gasteiger partial charge >= 0.3 is 0 Å². The third-order valence-corrected chi connectivity index (χ3v) is 3.26. The third-order valence-electron chi connectivity index (χ3n) is 2.48. The van der Waals surface area contributed by atoms with Crippen LogP contribution in [0.4, 0.5) is 0 Å². The molecule has 0 spiro atoms. The molecular weight excluding hydrogens is 252 g/mol. The summed E-state index contributed by atoms with van der Waals surface area (Å²) in [5, 5.41) is 0. The molecule has 0 bridgehead atoms. The molecule has 1 rings (SSSR count). The molecule has 1 unspecified atom stereocenters. The summed E-state index contributed by atoms with van der Waals surface area (Å²) in [7, 11) is 1.73. The van der Waals surface area contributed by atoms with Crippen molar-refractivity contribution in [1.82, 2.24) is 0 Å². The number of benzene rings is 1. The zero-order valence-corrected chi connectivity index (χ0v) is 11.3. The molecule has 0 amide bonds. The maximum atomic E-state index is 5.36. The average molecular weight is 271 g/mol. The van der Waals surface area contributed by atoms with Gasteiger partial charge in [0.2, 0.25) is 0 Å². The second kappa shape index (κ2) is 6.16. The van der Waals surface area contributed by atoms with Crippen molar-refractivity contribution in [3.05, 3.63) is 29.3 Å². The summed E-state index contributed by atoms with van der Waals surface area (Å²) >= 11 is 3.71. The van der Waals surface area contributed by atoms with Crippen LogP contribution >= 0.6 is 15.9 Å². The highest BCUT2D eigenvalue weighted by Gasteiger charge is 2.09. The predicted octanol–water partition coefficient (Wildman–Crippen LogP) is 4.11. The molecule has 0 aromatic heterocycles. The lowest BCUT2D eigenvalue weighted by molar-refractivity contribution is 0.409. The van der Waals surface area contributed by atoms with Crippen LogP contribution in [0.1, 0.15) is 30.9 Å². The lowest BCUT2D eigenvalue weighted by atomic mass is 10.0. The van der Waals surface area contributed by atoms with Crippen LogP contribution in [-0.4, -0.2) is 11.9 Å². The molecule has 0 fully saturated rings. The van der Waals surface area contributed by atoms with E-state index in [2.05, 4.69) is 48.0 Å². The van der Waals surface area contributed by atoms with Crippen LogP contribution in [0.5, 0.6) is 5.75 Å². The van der Waals surface area contributed by atoms with Gasteiger partial charge < -0.3 is 4.74 Å². The van der Waals surface area contributed by atoms with Crippen molar-refractivity contribution < 1.29 is 4.74 Å². The number of rotatable bonds is 5. The molecular formula is C13H19BrO. The van der Waals surface area contributed by atoms with Crippen molar-refractivity contribution in [2.45, 2.75) is 37.9 Å². The summed E-state index contributed by atoms with van der Waals surface area (Å²) in [5.74, 6) is 1.00. The monoisotopic (exact) mass is 270 g/mol. The molecule has 0 aliphatic carbocycles. The first kappa shape index (κ1) is 12.6. The normalized spacial score (nSPS) is 12.5. The molecule has 0 aliphatic rings. The van der Waals surface area contributed by atoms with Crippen molar-refractivity contribution in [2.24, 2.45) is 0 Å². The van der Waals surface area contributed by atoms with Crippen molar-refractivity contribution in [2.75, 3.05) is 7.11 Å². The Hall–Kier alpha value is -0.500. The largest absolute Gasteiger partial charge is 0.496 e. The summed E-state index contributed by atoms with van der Waals surface area (Å²) in [6, 6.07) is 6.35. The average Bonchev–Trinajstić information content (AvgIpc) is 2.18. The Balaban J connectivity index is 2.77. The Bertz CT molecular complexity index is 309. The fourth-order valence-electron chi connectivity index (χ4n) is 1.72. The van der Waals surface area contributed by atoms with E-state index >= 15 is 0 Å². The molecule has 2 heteroatoms. The molecule has 0 saturated heterocycles. The molecule has 0 saturated carbocycles. The van der Waals surface area contributed by atoms with E-state index in [1.54, 1.807) is 7.11 Å². The van der Waals surface area contributed by atoms with Gasteiger partial charge in [0.05, 0.1) is 7.11 Å². The van der Waals surface area contributed by atoms with Gasteiger partial charge in [-0.1, -0.05) is 47.0 Å². The van der Waals surface area contributed by atoms with E-state index in [0.29, 0.717) is 4.83 Å². The highest BCUT2D eigenvalue weighted by molar-refractivity contribution is 9.09. The summed E-state index contributed by atoms with van der Waals surface area (Å²) in [5.41, 5.74) is 2.59. The minimum atomic E-state index is 0.554. The standard InChI is InChI=1S/C13H19BrO/c1-4-5-12(14)9-11-8-10(2)6-7-13(11)15-3/h6-8,12H,4-5,9H2,1-3H3. The molecule has 1 atom stereocenters. The fourth-order valence-corrected chi connectivity index (χ4v) is 2.53. The van der Waals surface area contributed by atoms with Gasteiger partial charge in [-0.25, -0.2) is 0 Å². The summed E-state index contributed by atoms with van der Waals surface area (Å²) in [6.07, 6.45) is 3.46. The highest BCUT2D eigenvalue weighted by Crippen LogP contribution is 2.24. The van der Waals surface area contributed by atoms with Gasteiger partial charge in [0, 0.05) is 4.83 Å². The van der Waals surface area contributed by atoms with Crippen LogP contribution in [0.3, 0.4) is 0 Å². The van der Waals surface area contributed by atoms with Gasteiger partial charge in [-0.15, -0.1) is 0 Å². The van der Waals surface area contributed by atoms with Gasteiger partial charge in [-0.05, 0) is 31.4 Å². The Labute approximate surface area is 101 Å². The van der Waals surface area contributed by atoms with Gasteiger partial charge in [0.1, 0.15) is 5.75 Å². The van der Waals surface area contributed by atoms with Crippen molar-refractivity contribution in [1.29, 1.82) is 0 Å². The van der Waals surface area contributed by atoms with Crippen LogP contribution in [0.25, 0.3) is 0 Å². The van der Waals surface area contributed by atoms with E-state index in [1.165, 1.54) is 24.0 Å². The predicted molar refractivity (Wildman–Crippen MR) is 69.1 cm³/mol. The fraction of sp³-hybridized carbons (Fsp3) is 0.538. The molecule has 1 aromatic carbocycles. The number of ether oxygens (including phenoxy) is 1. The molecule has 1 aromatic rings. The van der Waals surface area contributed by atoms with Crippen LogP contribution < -0.4 is 4.74 Å². The van der Waals surface area contributed by atoms with Gasteiger partial charge in [-0.3, -0.25) is 0 Å². The quantitative estimate of drug-likeness (QED) is 0.732. The first-order valence-electron chi connectivity index (χ1n) is 5.45. The number of halogens is 1. The lowest BCUT2D eigenvalue weighted by Crippen LogP contribution is -2.04. The minimum absolute atomic E-state index is 0.554. The van der Waals surface area contributed by atoms with Gasteiger partial charge in [-0.2, -0.15) is 0 Å². The second-order valence-corrected chi connectivity index (χ2v) is 5.20. The Morgan fingerprint density at radius 1 is 1.40 bits per heavy atom. The van der Waals surface area contributed by atoms with E-state index in [0.717, 1.165) is 12.2 Å². The van der Waals surface area contributed by atoms with E-state index in [1.807, 2.05) is 0 Å².